The second-order valence-corrected chi connectivity index (χ2v) is 3.11. The third-order valence-corrected chi connectivity index (χ3v) is 2.01. The van der Waals surface area contributed by atoms with Crippen LogP contribution in [0.5, 0.6) is 5.75 Å². The van der Waals surface area contributed by atoms with Gasteiger partial charge >= 0.3 is 0 Å². The first-order valence-corrected chi connectivity index (χ1v) is 4.69. The van der Waals surface area contributed by atoms with Gasteiger partial charge < -0.3 is 10.2 Å². The second-order valence-electron chi connectivity index (χ2n) is 3.11. The third kappa shape index (κ3) is 3.18. The Kier molecular flexibility index (Phi) is 4.13. The molecule has 1 aromatic carbocycles. The summed E-state index contributed by atoms with van der Waals surface area (Å²) in [5.41, 5.74) is 0.926. The topological polar surface area (TPSA) is 52.8 Å². The number of hydrogen-bond acceptors (Lipinski definition) is 3. The SMILES string of the molecule is CC[C@@H](CO)N=Cc1ccc(O)cc1. The van der Waals surface area contributed by atoms with Gasteiger partial charge in [0.1, 0.15) is 5.75 Å². The summed E-state index contributed by atoms with van der Waals surface area (Å²) >= 11 is 0. The molecule has 1 rings (SSSR count). The zero-order chi connectivity index (χ0) is 10.4. The van der Waals surface area contributed by atoms with E-state index in [0.717, 1.165) is 12.0 Å². The van der Waals surface area contributed by atoms with E-state index >= 15 is 0 Å². The molecule has 0 fully saturated rings. The van der Waals surface area contributed by atoms with E-state index in [2.05, 4.69) is 4.99 Å². The van der Waals surface area contributed by atoms with Gasteiger partial charge in [-0.05, 0) is 36.2 Å². The zero-order valence-electron chi connectivity index (χ0n) is 8.22. The van der Waals surface area contributed by atoms with Gasteiger partial charge in [0.2, 0.25) is 0 Å². The summed E-state index contributed by atoms with van der Waals surface area (Å²) in [5, 5.41) is 17.9. The highest BCUT2D eigenvalue weighted by Crippen LogP contribution is 2.08. The first kappa shape index (κ1) is 10.7. The van der Waals surface area contributed by atoms with Gasteiger partial charge in [0.15, 0.2) is 0 Å². The average molecular weight is 193 g/mol. The molecule has 0 aliphatic heterocycles. The number of aliphatic hydroxyl groups excluding tert-OH is 1. The molecule has 1 atom stereocenters. The molecule has 0 radical (unpaired) electrons. The van der Waals surface area contributed by atoms with E-state index in [9.17, 15) is 0 Å². The predicted octanol–water partition coefficient (Wildman–Crippen LogP) is 1.58. The molecule has 14 heavy (non-hydrogen) atoms. The van der Waals surface area contributed by atoms with E-state index in [4.69, 9.17) is 10.2 Å². The Morgan fingerprint density at radius 1 is 1.36 bits per heavy atom. The van der Waals surface area contributed by atoms with E-state index in [-0.39, 0.29) is 18.4 Å². The lowest BCUT2D eigenvalue weighted by Gasteiger charge is -2.03. The van der Waals surface area contributed by atoms with Crippen LogP contribution < -0.4 is 0 Å². The Morgan fingerprint density at radius 3 is 2.50 bits per heavy atom. The van der Waals surface area contributed by atoms with Crippen LogP contribution in [0.4, 0.5) is 0 Å². The average Bonchev–Trinajstić information content (AvgIpc) is 2.22. The fourth-order valence-corrected chi connectivity index (χ4v) is 1.03. The maximum absolute atomic E-state index is 9.04. The van der Waals surface area contributed by atoms with Gasteiger partial charge in [0.25, 0.3) is 0 Å². The first-order chi connectivity index (χ1) is 6.76. The number of phenols is 1. The number of hydrogen-bond donors (Lipinski definition) is 2. The Morgan fingerprint density at radius 2 is 2.00 bits per heavy atom. The molecule has 1 aromatic rings. The molecular formula is C11H15NO2. The molecule has 0 unspecified atom stereocenters. The summed E-state index contributed by atoms with van der Waals surface area (Å²) in [6.07, 6.45) is 2.54. The van der Waals surface area contributed by atoms with Crippen LogP contribution in [-0.2, 0) is 0 Å². The molecule has 0 aromatic heterocycles. The number of benzene rings is 1. The molecule has 0 saturated carbocycles. The Balaban J connectivity index is 2.63. The summed E-state index contributed by atoms with van der Waals surface area (Å²) in [6, 6.07) is 6.76. The van der Waals surface area contributed by atoms with Gasteiger partial charge in [-0.25, -0.2) is 0 Å². The van der Waals surface area contributed by atoms with Crippen molar-refractivity contribution in [1.29, 1.82) is 0 Å². The molecule has 0 heterocycles. The van der Waals surface area contributed by atoms with E-state index < -0.39 is 0 Å². The minimum atomic E-state index is -0.0243. The van der Waals surface area contributed by atoms with Gasteiger partial charge in [0, 0.05) is 6.21 Å². The summed E-state index contributed by atoms with van der Waals surface area (Å²) in [4.78, 5) is 4.20. The lowest BCUT2D eigenvalue weighted by molar-refractivity contribution is 0.264. The number of rotatable bonds is 4. The molecule has 0 bridgehead atoms. The first-order valence-electron chi connectivity index (χ1n) is 4.69. The molecule has 0 spiro atoms. The smallest absolute Gasteiger partial charge is 0.115 e. The molecule has 3 nitrogen and oxygen atoms in total. The lowest BCUT2D eigenvalue weighted by Crippen LogP contribution is -2.08. The Bertz CT molecular complexity index is 289. The molecule has 0 amide bonds. The van der Waals surface area contributed by atoms with Crippen LogP contribution in [0.25, 0.3) is 0 Å². The summed E-state index contributed by atoms with van der Waals surface area (Å²) in [6.45, 7) is 2.06. The lowest BCUT2D eigenvalue weighted by atomic mass is 10.2. The molecule has 3 heteroatoms. The Hall–Kier alpha value is -1.35. The van der Waals surface area contributed by atoms with E-state index in [1.165, 1.54) is 0 Å². The molecular weight excluding hydrogens is 178 g/mol. The van der Waals surface area contributed by atoms with E-state index in [1.807, 2.05) is 6.92 Å². The van der Waals surface area contributed by atoms with Crippen molar-refractivity contribution in [3.05, 3.63) is 29.8 Å². The summed E-state index contributed by atoms with van der Waals surface area (Å²) < 4.78 is 0. The minimum absolute atomic E-state index is 0.0243. The van der Waals surface area contributed by atoms with Crippen molar-refractivity contribution in [3.8, 4) is 5.75 Å². The maximum Gasteiger partial charge on any atom is 0.115 e. The van der Waals surface area contributed by atoms with Crippen LogP contribution >= 0.6 is 0 Å². The summed E-state index contributed by atoms with van der Waals surface area (Å²) in [5.74, 6) is 0.247. The van der Waals surface area contributed by atoms with Crippen molar-refractivity contribution >= 4 is 6.21 Å². The van der Waals surface area contributed by atoms with Gasteiger partial charge in [-0.2, -0.15) is 0 Å². The van der Waals surface area contributed by atoms with Gasteiger partial charge in [-0.15, -0.1) is 0 Å². The van der Waals surface area contributed by atoms with Crippen LogP contribution in [0.3, 0.4) is 0 Å². The monoisotopic (exact) mass is 193 g/mol. The van der Waals surface area contributed by atoms with E-state index in [1.54, 1.807) is 30.5 Å². The van der Waals surface area contributed by atoms with Crippen molar-refractivity contribution < 1.29 is 10.2 Å². The third-order valence-electron chi connectivity index (χ3n) is 2.01. The number of aliphatic imine (C=N–C) groups is 1. The minimum Gasteiger partial charge on any atom is -0.508 e. The highest BCUT2D eigenvalue weighted by molar-refractivity contribution is 5.79. The van der Waals surface area contributed by atoms with Gasteiger partial charge in [0.05, 0.1) is 12.6 Å². The molecule has 0 aliphatic rings. The van der Waals surface area contributed by atoms with Gasteiger partial charge in [-0.3, -0.25) is 4.99 Å². The predicted molar refractivity (Wildman–Crippen MR) is 56.9 cm³/mol. The van der Waals surface area contributed by atoms with Crippen molar-refractivity contribution in [2.24, 2.45) is 4.99 Å². The molecule has 2 N–H and O–H groups in total. The normalized spacial score (nSPS) is 13.3. The number of phenolic OH excluding ortho intramolecular Hbond substituents is 1. The maximum atomic E-state index is 9.04. The van der Waals surface area contributed by atoms with Crippen molar-refractivity contribution in [2.75, 3.05) is 6.61 Å². The molecule has 76 valence electrons. The molecule has 0 saturated heterocycles. The van der Waals surface area contributed by atoms with Crippen molar-refractivity contribution in [1.82, 2.24) is 0 Å². The number of aliphatic hydroxyl groups is 1. The molecule has 0 aliphatic carbocycles. The highest BCUT2D eigenvalue weighted by atomic mass is 16.3. The largest absolute Gasteiger partial charge is 0.508 e. The number of aromatic hydroxyl groups is 1. The fraction of sp³-hybridized carbons (Fsp3) is 0.364. The van der Waals surface area contributed by atoms with Crippen LogP contribution in [0, 0.1) is 0 Å². The van der Waals surface area contributed by atoms with Crippen LogP contribution in [0.15, 0.2) is 29.3 Å². The second kappa shape index (κ2) is 5.40. The van der Waals surface area contributed by atoms with Gasteiger partial charge in [-0.1, -0.05) is 6.92 Å². The zero-order valence-corrected chi connectivity index (χ0v) is 8.22. The van der Waals surface area contributed by atoms with Crippen molar-refractivity contribution in [3.63, 3.8) is 0 Å². The summed E-state index contributed by atoms with van der Waals surface area (Å²) in [7, 11) is 0. The van der Waals surface area contributed by atoms with E-state index in [0.29, 0.717) is 0 Å². The van der Waals surface area contributed by atoms with Crippen LogP contribution in [0.1, 0.15) is 18.9 Å². The quantitative estimate of drug-likeness (QED) is 0.713. The van der Waals surface area contributed by atoms with Crippen LogP contribution in [-0.4, -0.2) is 29.1 Å². The highest BCUT2D eigenvalue weighted by Gasteiger charge is 1.98. The van der Waals surface area contributed by atoms with Crippen molar-refractivity contribution in [2.45, 2.75) is 19.4 Å². The fourth-order valence-electron chi connectivity index (χ4n) is 1.03. The standard InChI is InChI=1S/C11H15NO2/c1-2-10(8-13)12-7-9-3-5-11(14)6-4-9/h3-7,10,13-14H,2,8H2,1H3/t10-/m0/s1. The number of nitrogens with zero attached hydrogens (tertiary/aromatic N) is 1. The van der Waals surface area contributed by atoms with Crippen LogP contribution in [0.2, 0.25) is 0 Å². The Labute approximate surface area is 83.7 Å².